The highest BCUT2D eigenvalue weighted by molar-refractivity contribution is 5.78. The lowest BCUT2D eigenvalue weighted by Gasteiger charge is -2.37. The van der Waals surface area contributed by atoms with E-state index in [9.17, 15) is 4.79 Å². The van der Waals surface area contributed by atoms with E-state index in [2.05, 4.69) is 11.8 Å². The van der Waals surface area contributed by atoms with Crippen LogP contribution < -0.4 is 5.73 Å². The number of likely N-dealkylation sites (tertiary alicyclic amines) is 2. The molecule has 0 aromatic heterocycles. The van der Waals surface area contributed by atoms with Gasteiger partial charge in [0, 0.05) is 32.2 Å². The van der Waals surface area contributed by atoms with Crippen molar-refractivity contribution >= 4 is 5.91 Å². The SMILES string of the molecule is CC1CN(CC(=O)N2CCC2)CCC1N. The second kappa shape index (κ2) is 4.49. The molecule has 15 heavy (non-hydrogen) atoms. The van der Waals surface area contributed by atoms with Crippen LogP contribution in [0.2, 0.25) is 0 Å². The van der Waals surface area contributed by atoms with Gasteiger partial charge in [0.25, 0.3) is 0 Å². The molecule has 1 amide bonds. The maximum absolute atomic E-state index is 11.7. The molecule has 2 rings (SSSR count). The number of carbonyl (C=O) groups is 1. The van der Waals surface area contributed by atoms with E-state index in [4.69, 9.17) is 5.73 Å². The number of carbonyl (C=O) groups excluding carboxylic acids is 1. The van der Waals surface area contributed by atoms with Crippen molar-refractivity contribution in [1.29, 1.82) is 0 Å². The van der Waals surface area contributed by atoms with Crippen LogP contribution in [0.4, 0.5) is 0 Å². The lowest BCUT2D eigenvalue weighted by molar-refractivity contribution is -0.136. The number of nitrogens with two attached hydrogens (primary N) is 1. The third-order valence-corrected chi connectivity index (χ3v) is 3.62. The van der Waals surface area contributed by atoms with Crippen LogP contribution in [0.1, 0.15) is 19.8 Å². The van der Waals surface area contributed by atoms with E-state index in [1.807, 2.05) is 4.90 Å². The van der Waals surface area contributed by atoms with Crippen molar-refractivity contribution in [3.63, 3.8) is 0 Å². The van der Waals surface area contributed by atoms with E-state index in [0.29, 0.717) is 24.4 Å². The second-order valence-corrected chi connectivity index (χ2v) is 4.90. The van der Waals surface area contributed by atoms with Crippen molar-refractivity contribution in [2.24, 2.45) is 11.7 Å². The molecule has 2 heterocycles. The van der Waals surface area contributed by atoms with Crippen molar-refractivity contribution in [2.45, 2.75) is 25.8 Å². The molecule has 0 aromatic rings. The Bertz CT molecular complexity index is 240. The van der Waals surface area contributed by atoms with Gasteiger partial charge in [-0.2, -0.15) is 0 Å². The maximum atomic E-state index is 11.7. The van der Waals surface area contributed by atoms with Gasteiger partial charge >= 0.3 is 0 Å². The lowest BCUT2D eigenvalue weighted by Crippen LogP contribution is -2.51. The average molecular weight is 211 g/mol. The Hall–Kier alpha value is -0.610. The monoisotopic (exact) mass is 211 g/mol. The zero-order chi connectivity index (χ0) is 10.8. The first-order chi connectivity index (χ1) is 7.16. The largest absolute Gasteiger partial charge is 0.341 e. The molecule has 2 aliphatic heterocycles. The third-order valence-electron chi connectivity index (χ3n) is 3.62. The summed E-state index contributed by atoms with van der Waals surface area (Å²) in [5.41, 5.74) is 5.95. The summed E-state index contributed by atoms with van der Waals surface area (Å²) in [5, 5.41) is 0. The molecular weight excluding hydrogens is 190 g/mol. The van der Waals surface area contributed by atoms with Gasteiger partial charge < -0.3 is 10.6 Å². The van der Waals surface area contributed by atoms with E-state index in [-0.39, 0.29) is 0 Å². The van der Waals surface area contributed by atoms with Crippen LogP contribution in [0.5, 0.6) is 0 Å². The highest BCUT2D eigenvalue weighted by atomic mass is 16.2. The quantitative estimate of drug-likeness (QED) is 0.693. The molecule has 4 nitrogen and oxygen atoms in total. The van der Waals surface area contributed by atoms with Gasteiger partial charge in [0.2, 0.25) is 5.91 Å². The van der Waals surface area contributed by atoms with Crippen molar-refractivity contribution in [2.75, 3.05) is 32.7 Å². The Morgan fingerprint density at radius 3 is 2.67 bits per heavy atom. The molecule has 86 valence electrons. The zero-order valence-corrected chi connectivity index (χ0v) is 9.48. The average Bonchev–Trinajstić information content (AvgIpc) is 2.08. The molecule has 0 spiro atoms. The summed E-state index contributed by atoms with van der Waals surface area (Å²) in [5.74, 6) is 0.812. The molecule has 0 radical (unpaired) electrons. The molecule has 2 atom stereocenters. The molecule has 2 unspecified atom stereocenters. The Balaban J connectivity index is 1.77. The number of rotatable bonds is 2. The van der Waals surface area contributed by atoms with Crippen LogP contribution in [0.15, 0.2) is 0 Å². The van der Waals surface area contributed by atoms with Crippen LogP contribution in [0.3, 0.4) is 0 Å². The molecule has 2 N–H and O–H groups in total. The van der Waals surface area contributed by atoms with Gasteiger partial charge in [-0.15, -0.1) is 0 Å². The van der Waals surface area contributed by atoms with Crippen LogP contribution in [0.25, 0.3) is 0 Å². The van der Waals surface area contributed by atoms with E-state index in [0.717, 1.165) is 32.6 Å². The molecule has 2 aliphatic rings. The Morgan fingerprint density at radius 2 is 2.13 bits per heavy atom. The smallest absolute Gasteiger partial charge is 0.236 e. The first-order valence-electron chi connectivity index (χ1n) is 5.92. The van der Waals surface area contributed by atoms with Gasteiger partial charge in [0.15, 0.2) is 0 Å². The number of nitrogens with zero attached hydrogens (tertiary/aromatic N) is 2. The van der Waals surface area contributed by atoms with Gasteiger partial charge in [-0.05, 0) is 18.8 Å². The number of hydrogen-bond acceptors (Lipinski definition) is 3. The van der Waals surface area contributed by atoms with Crippen molar-refractivity contribution in [1.82, 2.24) is 9.80 Å². The van der Waals surface area contributed by atoms with Crippen molar-refractivity contribution < 1.29 is 4.79 Å². The van der Waals surface area contributed by atoms with Crippen molar-refractivity contribution in [3.05, 3.63) is 0 Å². The minimum absolute atomic E-state index is 0.295. The summed E-state index contributed by atoms with van der Waals surface area (Å²) in [6, 6.07) is 0.320. The normalized spacial score (nSPS) is 32.5. The maximum Gasteiger partial charge on any atom is 0.236 e. The molecule has 2 fully saturated rings. The summed E-state index contributed by atoms with van der Waals surface area (Å²) in [6.07, 6.45) is 2.20. The first kappa shape index (κ1) is 10.9. The number of amides is 1. The standard InChI is InChI=1S/C11H21N3O/c1-9-7-13(6-3-10(9)12)8-11(15)14-4-2-5-14/h9-10H,2-8,12H2,1H3. The van der Waals surface area contributed by atoms with Crippen LogP contribution in [-0.2, 0) is 4.79 Å². The fourth-order valence-corrected chi connectivity index (χ4v) is 2.25. The Morgan fingerprint density at radius 1 is 1.40 bits per heavy atom. The Kier molecular flexibility index (Phi) is 3.26. The number of hydrogen-bond donors (Lipinski definition) is 1. The Labute approximate surface area is 91.4 Å². The molecule has 4 heteroatoms. The van der Waals surface area contributed by atoms with Crippen LogP contribution in [-0.4, -0.2) is 54.5 Å². The molecule has 0 saturated carbocycles. The molecular formula is C11H21N3O. The topological polar surface area (TPSA) is 49.6 Å². The lowest BCUT2D eigenvalue weighted by atomic mass is 9.95. The van der Waals surface area contributed by atoms with Crippen LogP contribution >= 0.6 is 0 Å². The summed E-state index contributed by atoms with van der Waals surface area (Å²) in [4.78, 5) is 15.9. The summed E-state index contributed by atoms with van der Waals surface area (Å²) < 4.78 is 0. The molecule has 0 aliphatic carbocycles. The molecule has 0 aromatic carbocycles. The highest BCUT2D eigenvalue weighted by Gasteiger charge is 2.27. The molecule has 0 bridgehead atoms. The van der Waals surface area contributed by atoms with E-state index in [1.54, 1.807) is 0 Å². The summed E-state index contributed by atoms with van der Waals surface area (Å²) in [7, 11) is 0. The van der Waals surface area contributed by atoms with E-state index < -0.39 is 0 Å². The van der Waals surface area contributed by atoms with E-state index >= 15 is 0 Å². The zero-order valence-electron chi connectivity index (χ0n) is 9.48. The van der Waals surface area contributed by atoms with Gasteiger partial charge in [-0.3, -0.25) is 9.69 Å². The third kappa shape index (κ3) is 2.49. The summed E-state index contributed by atoms with van der Waals surface area (Å²) in [6.45, 7) is 6.64. The molecule has 2 saturated heterocycles. The predicted octanol–water partition coefficient (Wildman–Crippen LogP) is -0.112. The van der Waals surface area contributed by atoms with Crippen LogP contribution in [0, 0.1) is 5.92 Å². The minimum Gasteiger partial charge on any atom is -0.341 e. The van der Waals surface area contributed by atoms with Gasteiger partial charge in [0.1, 0.15) is 0 Å². The highest BCUT2D eigenvalue weighted by Crippen LogP contribution is 2.15. The first-order valence-corrected chi connectivity index (χ1v) is 5.92. The summed E-state index contributed by atoms with van der Waals surface area (Å²) >= 11 is 0. The second-order valence-electron chi connectivity index (χ2n) is 4.90. The fourth-order valence-electron chi connectivity index (χ4n) is 2.25. The van der Waals surface area contributed by atoms with E-state index in [1.165, 1.54) is 6.42 Å². The fraction of sp³-hybridized carbons (Fsp3) is 0.909. The van der Waals surface area contributed by atoms with Gasteiger partial charge in [-0.1, -0.05) is 6.92 Å². The number of piperidine rings is 1. The predicted molar refractivity (Wildman–Crippen MR) is 59.4 cm³/mol. The van der Waals surface area contributed by atoms with Gasteiger partial charge in [0.05, 0.1) is 6.54 Å². The van der Waals surface area contributed by atoms with Crippen molar-refractivity contribution in [3.8, 4) is 0 Å². The van der Waals surface area contributed by atoms with Gasteiger partial charge in [-0.25, -0.2) is 0 Å². The minimum atomic E-state index is 0.295.